The molecule has 2 amide bonds. The number of nitrogens with one attached hydrogen (secondary N) is 2. The van der Waals surface area contributed by atoms with Crippen molar-refractivity contribution in [3.63, 3.8) is 0 Å². The van der Waals surface area contributed by atoms with E-state index in [9.17, 15) is 18.0 Å². The molecule has 1 aliphatic heterocycles. The Morgan fingerprint density at radius 1 is 1.03 bits per heavy atom. The van der Waals surface area contributed by atoms with Crippen molar-refractivity contribution in [3.05, 3.63) is 54.1 Å². The van der Waals surface area contributed by atoms with Gasteiger partial charge in [-0.25, -0.2) is 8.42 Å². The summed E-state index contributed by atoms with van der Waals surface area (Å²) in [5.41, 5.74) is 0.643. The van der Waals surface area contributed by atoms with Gasteiger partial charge in [0.1, 0.15) is 5.75 Å². The van der Waals surface area contributed by atoms with Crippen LogP contribution >= 0.6 is 0 Å². The van der Waals surface area contributed by atoms with Crippen LogP contribution in [-0.4, -0.2) is 51.9 Å². The monoisotopic (exact) mass is 431 g/mol. The SMILES string of the molecule is COc1ccccc1NS(=O)(=O)c1ccc(C(=O)NCCC(=O)N2CCCC2)cc1. The quantitative estimate of drug-likeness (QED) is 0.667. The highest BCUT2D eigenvalue weighted by Crippen LogP contribution is 2.26. The molecular weight excluding hydrogens is 406 g/mol. The first-order valence-electron chi connectivity index (χ1n) is 9.72. The standard InChI is InChI=1S/C21H25N3O5S/c1-29-19-7-3-2-6-18(19)23-30(27,28)17-10-8-16(9-11-17)21(26)22-13-12-20(25)24-14-4-5-15-24/h2-3,6-11,23H,4-5,12-15H2,1H3,(H,22,26). The summed E-state index contributed by atoms with van der Waals surface area (Å²) in [6.07, 6.45) is 2.31. The van der Waals surface area contributed by atoms with Crippen LogP contribution in [0.25, 0.3) is 0 Å². The summed E-state index contributed by atoms with van der Waals surface area (Å²) in [5, 5.41) is 2.70. The van der Waals surface area contributed by atoms with Crippen LogP contribution in [0.3, 0.4) is 0 Å². The van der Waals surface area contributed by atoms with Crippen LogP contribution in [0.15, 0.2) is 53.4 Å². The summed E-state index contributed by atoms with van der Waals surface area (Å²) in [7, 11) is -2.38. The smallest absolute Gasteiger partial charge is 0.262 e. The van der Waals surface area contributed by atoms with Crippen LogP contribution < -0.4 is 14.8 Å². The number of para-hydroxylation sites is 2. The number of hydrogen-bond acceptors (Lipinski definition) is 5. The molecule has 3 rings (SSSR count). The van der Waals surface area contributed by atoms with E-state index in [-0.39, 0.29) is 29.7 Å². The van der Waals surface area contributed by atoms with E-state index in [1.54, 1.807) is 29.2 Å². The van der Waals surface area contributed by atoms with Gasteiger partial charge in [-0.3, -0.25) is 14.3 Å². The van der Waals surface area contributed by atoms with Gasteiger partial charge in [-0.15, -0.1) is 0 Å². The fraction of sp³-hybridized carbons (Fsp3) is 0.333. The van der Waals surface area contributed by atoms with Gasteiger partial charge in [0.25, 0.3) is 15.9 Å². The number of nitrogens with zero attached hydrogens (tertiary/aromatic N) is 1. The minimum atomic E-state index is -3.84. The molecule has 0 bridgehead atoms. The van der Waals surface area contributed by atoms with Gasteiger partial charge in [0.15, 0.2) is 0 Å². The number of anilines is 1. The molecule has 0 spiro atoms. The van der Waals surface area contributed by atoms with Crippen molar-refractivity contribution in [1.82, 2.24) is 10.2 Å². The average Bonchev–Trinajstić information content (AvgIpc) is 3.29. The van der Waals surface area contributed by atoms with E-state index in [1.165, 1.54) is 31.4 Å². The van der Waals surface area contributed by atoms with Crippen molar-refractivity contribution in [3.8, 4) is 5.75 Å². The summed E-state index contributed by atoms with van der Waals surface area (Å²) < 4.78 is 32.9. The van der Waals surface area contributed by atoms with Crippen molar-refractivity contribution in [2.24, 2.45) is 0 Å². The first-order valence-corrected chi connectivity index (χ1v) is 11.2. The zero-order chi connectivity index (χ0) is 21.6. The Bertz CT molecular complexity index is 1000. The number of amides is 2. The Balaban J connectivity index is 1.58. The predicted molar refractivity (Wildman–Crippen MR) is 113 cm³/mol. The number of methoxy groups -OCH3 is 1. The van der Waals surface area contributed by atoms with Gasteiger partial charge in [0.2, 0.25) is 5.91 Å². The van der Waals surface area contributed by atoms with Gasteiger partial charge in [-0.2, -0.15) is 0 Å². The molecule has 2 aromatic carbocycles. The van der Waals surface area contributed by atoms with Crippen molar-refractivity contribution in [2.45, 2.75) is 24.2 Å². The molecule has 0 radical (unpaired) electrons. The van der Waals surface area contributed by atoms with Gasteiger partial charge >= 0.3 is 0 Å². The van der Waals surface area contributed by atoms with E-state index >= 15 is 0 Å². The van der Waals surface area contributed by atoms with Gasteiger partial charge in [-0.05, 0) is 49.2 Å². The maximum absolute atomic E-state index is 12.6. The zero-order valence-corrected chi connectivity index (χ0v) is 17.6. The van der Waals surface area contributed by atoms with E-state index in [1.807, 2.05) is 0 Å². The highest BCUT2D eigenvalue weighted by molar-refractivity contribution is 7.92. The third kappa shape index (κ3) is 5.29. The van der Waals surface area contributed by atoms with Gasteiger partial charge in [0, 0.05) is 31.6 Å². The van der Waals surface area contributed by atoms with E-state index < -0.39 is 10.0 Å². The summed E-state index contributed by atoms with van der Waals surface area (Å²) in [6.45, 7) is 1.81. The first kappa shape index (κ1) is 21.6. The maximum atomic E-state index is 12.6. The molecule has 1 fully saturated rings. The van der Waals surface area contributed by atoms with Crippen LogP contribution in [0.5, 0.6) is 5.75 Å². The highest BCUT2D eigenvalue weighted by atomic mass is 32.2. The van der Waals surface area contributed by atoms with Crippen molar-refractivity contribution in [1.29, 1.82) is 0 Å². The predicted octanol–water partition coefficient (Wildman–Crippen LogP) is 2.24. The van der Waals surface area contributed by atoms with Gasteiger partial charge in [-0.1, -0.05) is 12.1 Å². The van der Waals surface area contributed by atoms with Crippen LogP contribution in [0.2, 0.25) is 0 Å². The lowest BCUT2D eigenvalue weighted by atomic mass is 10.2. The van der Waals surface area contributed by atoms with Crippen molar-refractivity contribution in [2.75, 3.05) is 31.5 Å². The number of carbonyl (C=O) groups is 2. The van der Waals surface area contributed by atoms with E-state index in [2.05, 4.69) is 10.0 Å². The molecule has 2 aromatic rings. The van der Waals surface area contributed by atoms with Crippen LogP contribution in [0.1, 0.15) is 29.6 Å². The molecule has 1 aliphatic rings. The molecule has 0 unspecified atom stereocenters. The second kappa shape index (κ2) is 9.62. The highest BCUT2D eigenvalue weighted by Gasteiger charge is 2.19. The van der Waals surface area contributed by atoms with Crippen LogP contribution in [0, 0.1) is 0 Å². The number of carbonyl (C=O) groups excluding carboxylic acids is 2. The summed E-state index contributed by atoms with van der Waals surface area (Å²) in [6, 6.07) is 12.3. The molecule has 0 aliphatic carbocycles. The first-order chi connectivity index (χ1) is 14.4. The lowest BCUT2D eigenvalue weighted by molar-refractivity contribution is -0.129. The van der Waals surface area contributed by atoms with Gasteiger partial charge < -0.3 is 15.0 Å². The summed E-state index contributed by atoms with van der Waals surface area (Å²) in [5.74, 6) is 0.0862. The molecule has 1 saturated heterocycles. The minimum absolute atomic E-state index is 0.0224. The van der Waals surface area contributed by atoms with Crippen LogP contribution in [0.4, 0.5) is 5.69 Å². The molecule has 30 heavy (non-hydrogen) atoms. The number of hydrogen-bond donors (Lipinski definition) is 2. The Morgan fingerprint density at radius 2 is 1.70 bits per heavy atom. The Labute approximate surface area is 176 Å². The van der Waals surface area contributed by atoms with E-state index in [4.69, 9.17) is 4.74 Å². The minimum Gasteiger partial charge on any atom is -0.495 e. The largest absolute Gasteiger partial charge is 0.495 e. The lowest BCUT2D eigenvalue weighted by Gasteiger charge is -2.15. The second-order valence-electron chi connectivity index (χ2n) is 6.92. The zero-order valence-electron chi connectivity index (χ0n) is 16.8. The van der Waals surface area contributed by atoms with E-state index in [0.717, 1.165) is 25.9 Å². The Morgan fingerprint density at radius 3 is 2.37 bits per heavy atom. The Hall–Kier alpha value is -3.07. The topological polar surface area (TPSA) is 105 Å². The molecule has 2 N–H and O–H groups in total. The van der Waals surface area contributed by atoms with E-state index in [0.29, 0.717) is 17.0 Å². The number of likely N-dealkylation sites (tertiary alicyclic amines) is 1. The summed E-state index contributed by atoms with van der Waals surface area (Å²) in [4.78, 5) is 26.1. The second-order valence-corrected chi connectivity index (χ2v) is 8.61. The normalized spacial score (nSPS) is 13.7. The lowest BCUT2D eigenvalue weighted by Crippen LogP contribution is -2.32. The Kier molecular flexibility index (Phi) is 6.94. The number of ether oxygens (including phenoxy) is 1. The molecule has 0 aromatic heterocycles. The number of benzene rings is 2. The third-order valence-electron chi connectivity index (χ3n) is 4.86. The van der Waals surface area contributed by atoms with Crippen molar-refractivity contribution >= 4 is 27.5 Å². The van der Waals surface area contributed by atoms with Gasteiger partial charge in [0.05, 0.1) is 17.7 Å². The fourth-order valence-electron chi connectivity index (χ4n) is 3.23. The average molecular weight is 432 g/mol. The molecule has 0 saturated carbocycles. The number of rotatable bonds is 8. The van der Waals surface area contributed by atoms with Crippen molar-refractivity contribution < 1.29 is 22.7 Å². The fourth-order valence-corrected chi connectivity index (χ4v) is 4.30. The van der Waals surface area contributed by atoms with Crippen LogP contribution in [-0.2, 0) is 14.8 Å². The summed E-state index contributed by atoms with van der Waals surface area (Å²) >= 11 is 0. The molecular formula is C21H25N3O5S. The molecule has 0 atom stereocenters. The number of sulfonamides is 1. The maximum Gasteiger partial charge on any atom is 0.262 e. The molecule has 9 heteroatoms. The molecule has 1 heterocycles. The molecule has 160 valence electrons. The third-order valence-corrected chi connectivity index (χ3v) is 6.24. The molecule has 8 nitrogen and oxygen atoms in total.